The van der Waals surface area contributed by atoms with Gasteiger partial charge in [-0.1, -0.05) is 13.8 Å². The molecule has 0 radical (unpaired) electrons. The highest BCUT2D eigenvalue weighted by Gasteiger charge is 2.13. The SMILES string of the molecule is CCNC(=NCC(=O)NC(C)(C)C)NCCNC(=O)C(C)C. The minimum atomic E-state index is -0.264. The van der Waals surface area contributed by atoms with Gasteiger partial charge in [0.1, 0.15) is 6.54 Å². The summed E-state index contributed by atoms with van der Waals surface area (Å²) in [4.78, 5) is 27.4. The van der Waals surface area contributed by atoms with Gasteiger partial charge in [-0.05, 0) is 27.7 Å². The van der Waals surface area contributed by atoms with E-state index < -0.39 is 0 Å². The van der Waals surface area contributed by atoms with Crippen molar-refractivity contribution in [1.29, 1.82) is 0 Å². The van der Waals surface area contributed by atoms with Crippen LogP contribution in [-0.2, 0) is 9.59 Å². The van der Waals surface area contributed by atoms with Gasteiger partial charge in [-0.15, -0.1) is 0 Å². The Labute approximate surface area is 133 Å². The van der Waals surface area contributed by atoms with E-state index in [1.807, 2.05) is 41.5 Å². The van der Waals surface area contributed by atoms with Crippen LogP contribution in [0.5, 0.6) is 0 Å². The van der Waals surface area contributed by atoms with Crippen molar-refractivity contribution in [2.45, 2.75) is 47.1 Å². The lowest BCUT2D eigenvalue weighted by Gasteiger charge is -2.20. The van der Waals surface area contributed by atoms with E-state index in [0.717, 1.165) is 0 Å². The Bertz CT molecular complexity index is 386. The Morgan fingerprint density at radius 3 is 2.14 bits per heavy atom. The Morgan fingerprint density at radius 1 is 1.05 bits per heavy atom. The molecule has 0 saturated heterocycles. The highest BCUT2D eigenvalue weighted by molar-refractivity contribution is 5.85. The normalized spacial score (nSPS) is 12.0. The first kappa shape index (κ1) is 20.2. The molecule has 128 valence electrons. The predicted octanol–water partition coefficient (Wildman–Crippen LogP) is 0.228. The zero-order valence-corrected chi connectivity index (χ0v) is 14.7. The number of carbonyl (C=O) groups excluding carboxylic acids is 2. The summed E-state index contributed by atoms with van der Waals surface area (Å²) < 4.78 is 0. The lowest BCUT2D eigenvalue weighted by atomic mass is 10.1. The van der Waals surface area contributed by atoms with E-state index in [9.17, 15) is 9.59 Å². The van der Waals surface area contributed by atoms with Crippen molar-refractivity contribution in [3.05, 3.63) is 0 Å². The van der Waals surface area contributed by atoms with Crippen molar-refractivity contribution in [3.8, 4) is 0 Å². The fraction of sp³-hybridized carbons (Fsp3) is 0.800. The summed E-state index contributed by atoms with van der Waals surface area (Å²) in [6, 6.07) is 0. The molecule has 0 heterocycles. The average Bonchev–Trinajstić information content (AvgIpc) is 2.38. The number of nitrogens with one attached hydrogen (secondary N) is 4. The lowest BCUT2D eigenvalue weighted by molar-refractivity contribution is -0.124. The van der Waals surface area contributed by atoms with Crippen LogP contribution in [0.2, 0.25) is 0 Å². The van der Waals surface area contributed by atoms with Gasteiger partial charge in [0, 0.05) is 31.1 Å². The summed E-state index contributed by atoms with van der Waals surface area (Å²) in [5.41, 5.74) is -0.264. The van der Waals surface area contributed by atoms with E-state index in [-0.39, 0.29) is 29.8 Å². The summed E-state index contributed by atoms with van der Waals surface area (Å²) >= 11 is 0. The molecule has 0 saturated carbocycles. The van der Waals surface area contributed by atoms with Gasteiger partial charge in [-0.3, -0.25) is 9.59 Å². The highest BCUT2D eigenvalue weighted by atomic mass is 16.2. The van der Waals surface area contributed by atoms with Crippen molar-refractivity contribution in [1.82, 2.24) is 21.3 Å². The third-order valence-corrected chi connectivity index (χ3v) is 2.48. The van der Waals surface area contributed by atoms with Crippen LogP contribution in [0.1, 0.15) is 41.5 Å². The molecule has 0 aromatic carbocycles. The second kappa shape index (κ2) is 10.0. The molecule has 0 bridgehead atoms. The third kappa shape index (κ3) is 10.9. The first-order valence-corrected chi connectivity index (χ1v) is 7.76. The van der Waals surface area contributed by atoms with Crippen LogP contribution < -0.4 is 21.3 Å². The van der Waals surface area contributed by atoms with Crippen molar-refractivity contribution in [2.75, 3.05) is 26.2 Å². The lowest BCUT2D eigenvalue weighted by Crippen LogP contribution is -2.44. The maximum Gasteiger partial charge on any atom is 0.242 e. The van der Waals surface area contributed by atoms with E-state index >= 15 is 0 Å². The number of aliphatic imine (C=N–C) groups is 1. The van der Waals surface area contributed by atoms with Crippen molar-refractivity contribution in [3.63, 3.8) is 0 Å². The Hall–Kier alpha value is -1.79. The van der Waals surface area contributed by atoms with Crippen molar-refractivity contribution >= 4 is 17.8 Å². The van der Waals surface area contributed by atoms with Gasteiger partial charge in [0.15, 0.2) is 5.96 Å². The molecule has 7 heteroatoms. The first-order valence-electron chi connectivity index (χ1n) is 7.76. The minimum absolute atomic E-state index is 0.0216. The fourth-order valence-corrected chi connectivity index (χ4v) is 1.52. The molecule has 0 aliphatic rings. The Kier molecular flexibility index (Phi) is 9.21. The quantitative estimate of drug-likeness (QED) is 0.307. The maximum atomic E-state index is 11.7. The molecule has 0 fully saturated rings. The smallest absolute Gasteiger partial charge is 0.242 e. The van der Waals surface area contributed by atoms with Crippen LogP contribution in [-0.4, -0.2) is 49.5 Å². The maximum absolute atomic E-state index is 11.7. The molecule has 0 aliphatic heterocycles. The molecule has 0 rings (SSSR count). The van der Waals surface area contributed by atoms with Crippen LogP contribution >= 0.6 is 0 Å². The molecule has 0 unspecified atom stereocenters. The van der Waals surface area contributed by atoms with E-state index in [0.29, 0.717) is 25.6 Å². The van der Waals surface area contributed by atoms with Crippen molar-refractivity contribution in [2.24, 2.45) is 10.9 Å². The zero-order chi connectivity index (χ0) is 17.2. The van der Waals surface area contributed by atoms with Gasteiger partial charge in [-0.25, -0.2) is 4.99 Å². The zero-order valence-electron chi connectivity index (χ0n) is 14.7. The number of hydrogen-bond acceptors (Lipinski definition) is 3. The molecule has 2 amide bonds. The molecular formula is C15H31N5O2. The van der Waals surface area contributed by atoms with Crippen LogP contribution in [0.4, 0.5) is 0 Å². The fourth-order valence-electron chi connectivity index (χ4n) is 1.52. The standard InChI is InChI=1S/C15H31N5O2/c1-7-16-14(18-9-8-17-13(22)11(2)3)19-10-12(21)20-15(4,5)6/h11H,7-10H2,1-6H3,(H,17,22)(H,20,21)(H2,16,18,19). The molecule has 0 aromatic heterocycles. The summed E-state index contributed by atoms with van der Waals surface area (Å²) in [6.45, 7) is 13.2. The van der Waals surface area contributed by atoms with Crippen LogP contribution in [0, 0.1) is 5.92 Å². The summed E-state index contributed by atoms with van der Waals surface area (Å²) in [7, 11) is 0. The van der Waals surface area contributed by atoms with Gasteiger partial charge in [0.25, 0.3) is 0 Å². The van der Waals surface area contributed by atoms with Gasteiger partial charge in [0.2, 0.25) is 11.8 Å². The van der Waals surface area contributed by atoms with Gasteiger partial charge in [0.05, 0.1) is 0 Å². The highest BCUT2D eigenvalue weighted by Crippen LogP contribution is 1.97. The first-order chi connectivity index (χ1) is 10.2. The largest absolute Gasteiger partial charge is 0.357 e. The van der Waals surface area contributed by atoms with Crippen LogP contribution in [0.15, 0.2) is 4.99 Å². The molecular weight excluding hydrogens is 282 g/mol. The van der Waals surface area contributed by atoms with Crippen molar-refractivity contribution < 1.29 is 9.59 Å². The summed E-state index contributed by atoms with van der Waals surface area (Å²) in [6.07, 6.45) is 0. The topological polar surface area (TPSA) is 94.6 Å². The molecule has 0 aliphatic carbocycles. The second-order valence-electron chi connectivity index (χ2n) is 6.37. The monoisotopic (exact) mass is 313 g/mol. The summed E-state index contributed by atoms with van der Waals surface area (Å²) in [5.74, 6) is 0.430. The van der Waals surface area contributed by atoms with E-state index in [1.165, 1.54) is 0 Å². The molecule has 0 spiro atoms. The van der Waals surface area contributed by atoms with E-state index in [2.05, 4.69) is 26.3 Å². The van der Waals surface area contributed by atoms with E-state index in [1.54, 1.807) is 0 Å². The molecule has 0 atom stereocenters. The average molecular weight is 313 g/mol. The Balaban J connectivity index is 4.21. The van der Waals surface area contributed by atoms with Gasteiger partial charge in [-0.2, -0.15) is 0 Å². The van der Waals surface area contributed by atoms with E-state index in [4.69, 9.17) is 0 Å². The number of nitrogens with zero attached hydrogens (tertiary/aromatic N) is 1. The predicted molar refractivity (Wildman–Crippen MR) is 89.7 cm³/mol. The minimum Gasteiger partial charge on any atom is -0.357 e. The molecule has 7 nitrogen and oxygen atoms in total. The van der Waals surface area contributed by atoms with Crippen LogP contribution in [0.3, 0.4) is 0 Å². The molecule has 0 aromatic rings. The summed E-state index contributed by atoms with van der Waals surface area (Å²) in [5, 5.41) is 11.8. The number of guanidine groups is 1. The van der Waals surface area contributed by atoms with Gasteiger partial charge < -0.3 is 21.3 Å². The number of hydrogen-bond donors (Lipinski definition) is 4. The molecule has 4 N–H and O–H groups in total. The molecule has 22 heavy (non-hydrogen) atoms. The Morgan fingerprint density at radius 2 is 1.64 bits per heavy atom. The second-order valence-corrected chi connectivity index (χ2v) is 6.37. The number of rotatable bonds is 7. The van der Waals surface area contributed by atoms with Gasteiger partial charge >= 0.3 is 0 Å². The number of carbonyl (C=O) groups is 2. The number of amides is 2. The van der Waals surface area contributed by atoms with Crippen LogP contribution in [0.25, 0.3) is 0 Å². The third-order valence-electron chi connectivity index (χ3n) is 2.48.